The second kappa shape index (κ2) is 11.4. The van der Waals surface area contributed by atoms with Crippen LogP contribution in [0.2, 0.25) is 10.0 Å². The van der Waals surface area contributed by atoms with Crippen molar-refractivity contribution in [3.63, 3.8) is 0 Å². The number of ether oxygens (including phenoxy) is 2. The molecular formula is C22H22Cl2N2O3. The van der Waals surface area contributed by atoms with E-state index < -0.39 is 5.91 Å². The van der Waals surface area contributed by atoms with Crippen LogP contribution in [0.4, 0.5) is 5.69 Å². The van der Waals surface area contributed by atoms with E-state index in [1.807, 2.05) is 6.07 Å². The van der Waals surface area contributed by atoms with E-state index in [1.165, 1.54) is 6.08 Å². The number of nitriles is 1. The molecule has 152 valence electrons. The first-order chi connectivity index (χ1) is 14.0. The van der Waals surface area contributed by atoms with Gasteiger partial charge in [0.05, 0.1) is 29.4 Å². The number of rotatable bonds is 9. The van der Waals surface area contributed by atoms with Gasteiger partial charge in [-0.05, 0) is 42.3 Å². The van der Waals surface area contributed by atoms with Gasteiger partial charge >= 0.3 is 0 Å². The van der Waals surface area contributed by atoms with Gasteiger partial charge in [0.15, 0.2) is 11.5 Å². The van der Waals surface area contributed by atoms with E-state index >= 15 is 0 Å². The molecular weight excluding hydrogens is 411 g/mol. The predicted octanol–water partition coefficient (Wildman–Crippen LogP) is 6.12. The standard InChI is InChI=1S/C22H22Cl2N2O3/c1-3-4-5-11-29-19-10-9-15(13-20(19)28-2)12-16(14-25)22(27)26-18-8-6-7-17(23)21(18)24/h6-10,12-13H,3-5,11H2,1-2H3,(H,26,27). The lowest BCUT2D eigenvalue weighted by Crippen LogP contribution is -2.13. The van der Waals surface area contributed by atoms with Crippen molar-refractivity contribution in [2.24, 2.45) is 0 Å². The summed E-state index contributed by atoms with van der Waals surface area (Å²) in [4.78, 5) is 12.5. The van der Waals surface area contributed by atoms with Crippen molar-refractivity contribution in [2.45, 2.75) is 26.2 Å². The topological polar surface area (TPSA) is 71.3 Å². The third kappa shape index (κ3) is 6.42. The summed E-state index contributed by atoms with van der Waals surface area (Å²) in [5, 5.41) is 12.5. The maximum Gasteiger partial charge on any atom is 0.266 e. The van der Waals surface area contributed by atoms with Crippen LogP contribution in [-0.2, 0) is 4.79 Å². The number of methoxy groups -OCH3 is 1. The molecule has 5 nitrogen and oxygen atoms in total. The molecule has 0 saturated heterocycles. The normalized spacial score (nSPS) is 10.9. The van der Waals surface area contributed by atoms with Gasteiger partial charge in [0, 0.05) is 0 Å². The summed E-state index contributed by atoms with van der Waals surface area (Å²) in [6.45, 7) is 2.73. The van der Waals surface area contributed by atoms with Crippen molar-refractivity contribution in [1.82, 2.24) is 0 Å². The van der Waals surface area contributed by atoms with Crippen LogP contribution in [0.1, 0.15) is 31.7 Å². The fraction of sp³-hybridized carbons (Fsp3) is 0.273. The summed E-state index contributed by atoms with van der Waals surface area (Å²) >= 11 is 12.0. The number of anilines is 1. The molecule has 1 amide bonds. The Kier molecular flexibility index (Phi) is 8.85. The van der Waals surface area contributed by atoms with Gasteiger partial charge in [-0.3, -0.25) is 4.79 Å². The smallest absolute Gasteiger partial charge is 0.266 e. The molecule has 0 aliphatic carbocycles. The Morgan fingerprint density at radius 3 is 2.69 bits per heavy atom. The van der Waals surface area contributed by atoms with Crippen molar-refractivity contribution < 1.29 is 14.3 Å². The molecule has 0 aliphatic heterocycles. The van der Waals surface area contributed by atoms with Gasteiger partial charge in [-0.25, -0.2) is 0 Å². The number of carbonyl (C=O) groups is 1. The maximum atomic E-state index is 12.5. The molecule has 1 N–H and O–H groups in total. The number of nitrogens with one attached hydrogen (secondary N) is 1. The molecule has 0 unspecified atom stereocenters. The van der Waals surface area contributed by atoms with Crippen LogP contribution >= 0.6 is 23.2 Å². The molecule has 2 aromatic carbocycles. The largest absolute Gasteiger partial charge is 0.493 e. The quantitative estimate of drug-likeness (QED) is 0.294. The molecule has 2 rings (SSSR count). The third-order valence-electron chi connectivity index (χ3n) is 4.07. The van der Waals surface area contributed by atoms with Gasteiger partial charge in [0.1, 0.15) is 11.6 Å². The van der Waals surface area contributed by atoms with Gasteiger partial charge in [-0.15, -0.1) is 0 Å². The summed E-state index contributed by atoms with van der Waals surface area (Å²) in [6, 6.07) is 12.0. The van der Waals surface area contributed by atoms with Crippen LogP contribution in [0.5, 0.6) is 11.5 Å². The van der Waals surface area contributed by atoms with Crippen molar-refractivity contribution in [3.05, 3.63) is 57.6 Å². The van der Waals surface area contributed by atoms with E-state index in [0.717, 1.165) is 19.3 Å². The summed E-state index contributed by atoms with van der Waals surface area (Å²) in [5.41, 5.74) is 0.880. The molecule has 0 atom stereocenters. The number of hydrogen-bond acceptors (Lipinski definition) is 4. The molecule has 0 heterocycles. The zero-order valence-electron chi connectivity index (χ0n) is 16.3. The predicted molar refractivity (Wildman–Crippen MR) is 117 cm³/mol. The van der Waals surface area contributed by atoms with Crippen molar-refractivity contribution >= 4 is 40.9 Å². The van der Waals surface area contributed by atoms with Crippen molar-refractivity contribution in [1.29, 1.82) is 5.26 Å². The monoisotopic (exact) mass is 432 g/mol. The molecule has 0 aliphatic rings. The highest BCUT2D eigenvalue weighted by molar-refractivity contribution is 6.44. The minimum atomic E-state index is -0.587. The summed E-state index contributed by atoms with van der Waals surface area (Å²) < 4.78 is 11.1. The average molecular weight is 433 g/mol. The van der Waals surface area contributed by atoms with E-state index in [0.29, 0.717) is 34.4 Å². The molecule has 2 aromatic rings. The first-order valence-corrected chi connectivity index (χ1v) is 9.93. The molecule has 0 saturated carbocycles. The van der Waals surface area contributed by atoms with E-state index in [-0.39, 0.29) is 10.6 Å². The van der Waals surface area contributed by atoms with Crippen molar-refractivity contribution in [2.75, 3.05) is 19.0 Å². The van der Waals surface area contributed by atoms with Crippen LogP contribution in [0.25, 0.3) is 6.08 Å². The number of amides is 1. The first-order valence-electron chi connectivity index (χ1n) is 9.18. The molecule has 0 aromatic heterocycles. The summed E-state index contributed by atoms with van der Waals surface area (Å²) in [6.07, 6.45) is 4.65. The lowest BCUT2D eigenvalue weighted by molar-refractivity contribution is -0.112. The van der Waals surface area contributed by atoms with Crippen molar-refractivity contribution in [3.8, 4) is 17.6 Å². The summed E-state index contributed by atoms with van der Waals surface area (Å²) in [5.74, 6) is 0.566. The van der Waals surface area contributed by atoms with Gasteiger partial charge in [-0.2, -0.15) is 5.26 Å². The Morgan fingerprint density at radius 2 is 2.00 bits per heavy atom. The first kappa shape index (κ1) is 22.6. The second-order valence-electron chi connectivity index (χ2n) is 6.19. The number of unbranched alkanes of at least 4 members (excludes halogenated alkanes) is 2. The Bertz CT molecular complexity index is 936. The van der Waals surface area contributed by atoms with E-state index in [4.69, 9.17) is 32.7 Å². The van der Waals surface area contributed by atoms with Crippen LogP contribution in [0, 0.1) is 11.3 Å². The van der Waals surface area contributed by atoms with Crippen LogP contribution in [0.3, 0.4) is 0 Å². The zero-order valence-corrected chi connectivity index (χ0v) is 17.8. The fourth-order valence-corrected chi connectivity index (χ4v) is 2.88. The number of halogens is 2. The SMILES string of the molecule is CCCCCOc1ccc(C=C(C#N)C(=O)Nc2cccc(Cl)c2Cl)cc1OC. The van der Waals surface area contributed by atoms with Crippen LogP contribution in [0.15, 0.2) is 42.0 Å². The van der Waals surface area contributed by atoms with E-state index in [1.54, 1.807) is 43.5 Å². The molecule has 0 fully saturated rings. The number of hydrogen-bond donors (Lipinski definition) is 1. The van der Waals surface area contributed by atoms with Gasteiger partial charge in [0.2, 0.25) is 0 Å². The maximum absolute atomic E-state index is 12.5. The Balaban J connectivity index is 2.18. The van der Waals surface area contributed by atoms with Gasteiger partial charge < -0.3 is 14.8 Å². The minimum Gasteiger partial charge on any atom is -0.493 e. The third-order valence-corrected chi connectivity index (χ3v) is 4.89. The fourth-order valence-electron chi connectivity index (χ4n) is 2.53. The zero-order chi connectivity index (χ0) is 21.2. The van der Waals surface area contributed by atoms with Crippen LogP contribution in [-0.4, -0.2) is 19.6 Å². The lowest BCUT2D eigenvalue weighted by atomic mass is 10.1. The number of benzene rings is 2. The molecule has 29 heavy (non-hydrogen) atoms. The highest BCUT2D eigenvalue weighted by Crippen LogP contribution is 2.31. The molecule has 0 spiro atoms. The molecule has 0 radical (unpaired) electrons. The molecule has 7 heteroatoms. The highest BCUT2D eigenvalue weighted by Gasteiger charge is 2.13. The Hall–Kier alpha value is -2.68. The number of nitrogens with zero attached hydrogens (tertiary/aromatic N) is 1. The van der Waals surface area contributed by atoms with E-state index in [2.05, 4.69) is 12.2 Å². The van der Waals surface area contributed by atoms with Gasteiger partial charge in [-0.1, -0.05) is 55.1 Å². The van der Waals surface area contributed by atoms with Gasteiger partial charge in [0.25, 0.3) is 5.91 Å². The minimum absolute atomic E-state index is 0.0836. The highest BCUT2D eigenvalue weighted by atomic mass is 35.5. The van der Waals surface area contributed by atoms with E-state index in [9.17, 15) is 10.1 Å². The molecule has 0 bridgehead atoms. The Labute approximate surface area is 180 Å². The summed E-state index contributed by atoms with van der Waals surface area (Å²) in [7, 11) is 1.54. The number of carbonyl (C=O) groups excluding carboxylic acids is 1. The second-order valence-corrected chi connectivity index (χ2v) is 6.98. The lowest BCUT2D eigenvalue weighted by Gasteiger charge is -2.11. The Morgan fingerprint density at radius 1 is 1.21 bits per heavy atom. The average Bonchev–Trinajstić information content (AvgIpc) is 2.73. The van der Waals surface area contributed by atoms with Crippen LogP contribution < -0.4 is 14.8 Å².